The van der Waals surface area contributed by atoms with Crippen molar-refractivity contribution in [3.8, 4) is 5.75 Å². The number of fused-ring (bicyclic) bond motifs is 1. The Labute approximate surface area is 165 Å². The van der Waals surface area contributed by atoms with Gasteiger partial charge in [0.05, 0.1) is 5.52 Å². The van der Waals surface area contributed by atoms with E-state index in [4.69, 9.17) is 4.74 Å². The van der Waals surface area contributed by atoms with Crippen LogP contribution in [0.4, 0.5) is 0 Å². The first kappa shape index (κ1) is 20.2. The molecule has 4 rings (SSSR count). The predicted molar refractivity (Wildman–Crippen MR) is 109 cm³/mol. The van der Waals surface area contributed by atoms with Crippen LogP contribution in [-0.4, -0.2) is 51.3 Å². The van der Waals surface area contributed by atoms with Gasteiger partial charge >= 0.3 is 5.69 Å². The van der Waals surface area contributed by atoms with Crippen LogP contribution in [0.25, 0.3) is 11.0 Å². The van der Waals surface area contributed by atoms with Gasteiger partial charge in [0.25, 0.3) is 0 Å². The van der Waals surface area contributed by atoms with Crippen LogP contribution in [-0.2, 0) is 0 Å². The van der Waals surface area contributed by atoms with E-state index in [2.05, 4.69) is 14.9 Å². The van der Waals surface area contributed by atoms with Crippen LogP contribution in [0.1, 0.15) is 51.4 Å². The Morgan fingerprint density at radius 1 is 1.07 bits per heavy atom. The topological polar surface area (TPSA) is 81.3 Å². The Morgan fingerprint density at radius 3 is 2.33 bits per heavy atom. The molecule has 7 heteroatoms. The lowest BCUT2D eigenvalue weighted by atomic mass is 10.1. The van der Waals surface area contributed by atoms with E-state index in [-0.39, 0.29) is 24.7 Å². The van der Waals surface area contributed by atoms with Crippen LogP contribution in [0, 0.1) is 0 Å². The number of aromatic nitrogens is 2. The van der Waals surface area contributed by atoms with Crippen molar-refractivity contribution >= 4 is 23.4 Å². The second-order valence-corrected chi connectivity index (χ2v) is 7.80. The molecule has 2 aliphatic rings. The van der Waals surface area contributed by atoms with Gasteiger partial charge < -0.3 is 19.8 Å². The van der Waals surface area contributed by atoms with Gasteiger partial charge in [-0.3, -0.25) is 4.90 Å². The van der Waals surface area contributed by atoms with Crippen LogP contribution in [0.15, 0.2) is 23.0 Å². The Morgan fingerprint density at radius 2 is 1.70 bits per heavy atom. The molecule has 1 heterocycles. The fraction of sp³-hybridized carbons (Fsp3) is 0.650. The van der Waals surface area contributed by atoms with Crippen LogP contribution < -0.4 is 10.4 Å². The number of nitrogens with one attached hydrogen (secondary N) is 2. The zero-order valence-electron chi connectivity index (χ0n) is 15.7. The smallest absolute Gasteiger partial charge is 0.323 e. The number of aliphatic hydroxyl groups excluding tert-OH is 1. The molecule has 1 atom stereocenters. The number of H-pyrrole nitrogens is 2. The molecular formula is C20H30ClN3O3. The zero-order valence-corrected chi connectivity index (χ0v) is 16.5. The van der Waals surface area contributed by atoms with E-state index in [1.54, 1.807) is 0 Å². The largest absolute Gasteiger partial charge is 0.489 e. The van der Waals surface area contributed by atoms with Crippen molar-refractivity contribution < 1.29 is 9.84 Å². The van der Waals surface area contributed by atoms with E-state index in [1.165, 1.54) is 51.4 Å². The minimum atomic E-state index is -0.530. The first-order valence-electron chi connectivity index (χ1n) is 9.98. The monoisotopic (exact) mass is 395 g/mol. The molecule has 2 aromatic rings. The summed E-state index contributed by atoms with van der Waals surface area (Å²) >= 11 is 0. The molecule has 3 N–H and O–H groups in total. The summed E-state index contributed by atoms with van der Waals surface area (Å²) in [5.41, 5.74) is 1.14. The van der Waals surface area contributed by atoms with Crippen molar-refractivity contribution in [3.05, 3.63) is 28.7 Å². The van der Waals surface area contributed by atoms with Crippen LogP contribution >= 0.6 is 12.4 Å². The lowest BCUT2D eigenvalue weighted by molar-refractivity contribution is 0.0331. The highest BCUT2D eigenvalue weighted by Gasteiger charge is 2.31. The Hall–Kier alpha value is -1.50. The van der Waals surface area contributed by atoms with Crippen molar-refractivity contribution in [2.45, 2.75) is 69.6 Å². The third kappa shape index (κ3) is 4.68. The summed E-state index contributed by atoms with van der Waals surface area (Å²) in [6.07, 6.45) is 9.74. The van der Waals surface area contributed by atoms with E-state index in [0.717, 1.165) is 5.52 Å². The van der Waals surface area contributed by atoms with Crippen LogP contribution in [0.5, 0.6) is 5.75 Å². The van der Waals surface area contributed by atoms with Gasteiger partial charge in [-0.2, -0.15) is 0 Å². The molecule has 6 nitrogen and oxygen atoms in total. The first-order valence-corrected chi connectivity index (χ1v) is 9.98. The normalized spacial score (nSPS) is 19.6. The predicted octanol–water partition coefficient (Wildman–Crippen LogP) is 3.20. The fourth-order valence-corrected chi connectivity index (χ4v) is 4.70. The van der Waals surface area contributed by atoms with E-state index in [1.807, 2.05) is 18.2 Å². The number of aliphatic hydroxyl groups is 1. The quantitative estimate of drug-likeness (QED) is 0.672. The van der Waals surface area contributed by atoms with E-state index >= 15 is 0 Å². The molecule has 1 aromatic carbocycles. The lowest BCUT2D eigenvalue weighted by Gasteiger charge is -2.35. The van der Waals surface area contributed by atoms with Gasteiger partial charge in [0.1, 0.15) is 24.0 Å². The molecule has 2 saturated carbocycles. The molecule has 0 bridgehead atoms. The van der Waals surface area contributed by atoms with Gasteiger partial charge in [0, 0.05) is 18.6 Å². The molecule has 0 saturated heterocycles. The number of benzene rings is 1. The minimum Gasteiger partial charge on any atom is -0.489 e. The number of para-hydroxylation sites is 1. The maximum absolute atomic E-state index is 11.5. The van der Waals surface area contributed by atoms with Gasteiger partial charge in [-0.15, -0.1) is 12.4 Å². The number of aromatic amines is 2. The first-order chi connectivity index (χ1) is 12.7. The number of nitrogens with zero attached hydrogens (tertiary/aromatic N) is 1. The highest BCUT2D eigenvalue weighted by atomic mass is 35.5. The number of ether oxygens (including phenoxy) is 1. The molecule has 0 radical (unpaired) electrons. The fourth-order valence-electron chi connectivity index (χ4n) is 4.70. The summed E-state index contributed by atoms with van der Waals surface area (Å²) in [7, 11) is 0. The molecule has 2 fully saturated rings. The van der Waals surface area contributed by atoms with Gasteiger partial charge in [-0.25, -0.2) is 4.79 Å². The third-order valence-electron chi connectivity index (χ3n) is 5.95. The summed E-state index contributed by atoms with van der Waals surface area (Å²) in [5.74, 6) is 0.605. The second-order valence-electron chi connectivity index (χ2n) is 7.80. The van der Waals surface area contributed by atoms with Gasteiger partial charge in [0.2, 0.25) is 0 Å². The highest BCUT2D eigenvalue weighted by molar-refractivity contribution is 5.85. The highest BCUT2D eigenvalue weighted by Crippen LogP contribution is 2.31. The molecule has 1 unspecified atom stereocenters. The Balaban J connectivity index is 0.00000210. The Bertz CT molecular complexity index is 762. The molecule has 0 spiro atoms. The van der Waals surface area contributed by atoms with E-state index in [0.29, 0.717) is 29.9 Å². The zero-order chi connectivity index (χ0) is 17.9. The van der Waals surface area contributed by atoms with Gasteiger partial charge in [-0.1, -0.05) is 31.7 Å². The van der Waals surface area contributed by atoms with E-state index in [9.17, 15) is 9.90 Å². The molecule has 2 aliphatic carbocycles. The molecule has 27 heavy (non-hydrogen) atoms. The standard InChI is InChI=1S/C20H29N3O3.ClH/c24-16(12-23(14-6-1-2-7-14)15-8-3-4-9-15)13-26-18-11-5-10-17-19(18)22-20(25)21-17;/h5,10-11,14-16,24H,1-4,6-9,12-13H2,(H2,21,22,25);1H. The summed E-state index contributed by atoms with van der Waals surface area (Å²) in [6.45, 7) is 0.914. The maximum Gasteiger partial charge on any atom is 0.323 e. The second kappa shape index (κ2) is 9.13. The third-order valence-corrected chi connectivity index (χ3v) is 5.95. The van der Waals surface area contributed by atoms with Gasteiger partial charge in [0.15, 0.2) is 0 Å². The summed E-state index contributed by atoms with van der Waals surface area (Å²) in [4.78, 5) is 19.5. The Kier molecular flexibility index (Phi) is 6.84. The molecular weight excluding hydrogens is 366 g/mol. The lowest BCUT2D eigenvalue weighted by Crippen LogP contribution is -2.46. The average molecular weight is 396 g/mol. The van der Waals surface area contributed by atoms with E-state index < -0.39 is 6.10 Å². The van der Waals surface area contributed by atoms with Crippen molar-refractivity contribution in [2.24, 2.45) is 0 Å². The van der Waals surface area contributed by atoms with Crippen molar-refractivity contribution in [3.63, 3.8) is 0 Å². The number of hydrogen-bond donors (Lipinski definition) is 3. The molecule has 0 aliphatic heterocycles. The summed E-state index contributed by atoms with van der Waals surface area (Å²) in [6, 6.07) is 6.75. The van der Waals surface area contributed by atoms with Crippen molar-refractivity contribution in [1.29, 1.82) is 0 Å². The number of halogens is 1. The summed E-state index contributed by atoms with van der Waals surface area (Å²) < 4.78 is 5.85. The number of imidazole rings is 1. The SMILES string of the molecule is Cl.O=c1[nH]c2cccc(OCC(O)CN(C3CCCC3)C3CCCC3)c2[nH]1. The van der Waals surface area contributed by atoms with Crippen molar-refractivity contribution in [1.82, 2.24) is 14.9 Å². The molecule has 1 aromatic heterocycles. The van der Waals surface area contributed by atoms with Crippen molar-refractivity contribution in [2.75, 3.05) is 13.2 Å². The minimum absolute atomic E-state index is 0. The van der Waals surface area contributed by atoms with Crippen LogP contribution in [0.3, 0.4) is 0 Å². The van der Waals surface area contributed by atoms with Crippen LogP contribution in [0.2, 0.25) is 0 Å². The molecule has 0 amide bonds. The average Bonchev–Trinajstić information content (AvgIpc) is 3.38. The van der Waals surface area contributed by atoms with Gasteiger partial charge in [-0.05, 0) is 37.8 Å². The summed E-state index contributed by atoms with van der Waals surface area (Å²) in [5, 5.41) is 10.6. The maximum atomic E-state index is 11.5. The number of rotatable bonds is 7. The number of hydrogen-bond acceptors (Lipinski definition) is 4. The molecule has 150 valence electrons.